The second-order valence-electron chi connectivity index (χ2n) is 8.85. The summed E-state index contributed by atoms with van der Waals surface area (Å²) in [5.41, 5.74) is 0.0749. The van der Waals surface area contributed by atoms with E-state index in [1.807, 2.05) is 0 Å². The third-order valence-corrected chi connectivity index (χ3v) is 6.65. The van der Waals surface area contributed by atoms with E-state index in [1.165, 1.54) is 44.9 Å². The molecule has 4 aliphatic carbocycles. The Hall–Kier alpha value is -0.530. The van der Waals surface area contributed by atoms with Gasteiger partial charge in [0, 0.05) is 13.1 Å². The van der Waals surface area contributed by atoms with E-state index < -0.39 is 0 Å². The maximum Gasteiger partial charge on any atom is 0.228 e. The van der Waals surface area contributed by atoms with Crippen molar-refractivity contribution in [1.82, 2.24) is 4.90 Å². The van der Waals surface area contributed by atoms with Gasteiger partial charge >= 0.3 is 0 Å². The third kappa shape index (κ3) is 2.02. The van der Waals surface area contributed by atoms with Gasteiger partial charge in [-0.05, 0) is 74.5 Å². The number of hydrogen-bond donors (Lipinski definition) is 0. The Bertz CT molecular complexity index is 370. The number of hydrogen-bond acceptors (Lipinski definition) is 1. The van der Waals surface area contributed by atoms with E-state index in [-0.39, 0.29) is 5.41 Å². The predicted molar refractivity (Wildman–Crippen MR) is 80.1 cm³/mol. The molecule has 0 N–H and O–H groups in total. The molecule has 1 amide bonds. The monoisotopic (exact) mass is 275 g/mol. The molecule has 0 radical (unpaired) electrons. The van der Waals surface area contributed by atoms with Gasteiger partial charge in [0.05, 0.1) is 5.41 Å². The van der Waals surface area contributed by atoms with Crippen LogP contribution in [0.5, 0.6) is 0 Å². The summed E-state index contributed by atoms with van der Waals surface area (Å²) in [6.07, 6.45) is 9.24. The zero-order chi connectivity index (χ0) is 13.9. The smallest absolute Gasteiger partial charge is 0.228 e. The van der Waals surface area contributed by atoms with Gasteiger partial charge in [-0.1, -0.05) is 13.8 Å². The first-order valence-corrected chi connectivity index (χ1v) is 8.83. The molecular weight excluding hydrogens is 246 g/mol. The topological polar surface area (TPSA) is 20.3 Å². The highest BCUT2D eigenvalue weighted by Crippen LogP contribution is 2.60. The van der Waals surface area contributed by atoms with E-state index in [0.29, 0.717) is 17.7 Å². The summed E-state index contributed by atoms with van der Waals surface area (Å²) in [6, 6.07) is 0. The van der Waals surface area contributed by atoms with Crippen LogP contribution in [0.25, 0.3) is 0 Å². The lowest BCUT2D eigenvalue weighted by atomic mass is 9.49. The van der Waals surface area contributed by atoms with Crippen LogP contribution in [-0.4, -0.2) is 23.9 Å². The molecule has 5 aliphatic rings. The van der Waals surface area contributed by atoms with Gasteiger partial charge in [-0.3, -0.25) is 4.79 Å². The van der Waals surface area contributed by atoms with Crippen LogP contribution < -0.4 is 0 Å². The van der Waals surface area contributed by atoms with E-state index in [1.54, 1.807) is 0 Å². The third-order valence-electron chi connectivity index (χ3n) is 6.65. The van der Waals surface area contributed by atoms with Crippen molar-refractivity contribution in [3.63, 3.8) is 0 Å². The number of likely N-dealkylation sites (tertiary alicyclic amines) is 1. The minimum Gasteiger partial charge on any atom is -0.342 e. The number of rotatable bonds is 1. The molecule has 0 aromatic rings. The highest BCUT2D eigenvalue weighted by atomic mass is 16.2. The average Bonchev–Trinajstić information content (AvgIpc) is 2.35. The van der Waals surface area contributed by atoms with Crippen molar-refractivity contribution in [2.24, 2.45) is 35.0 Å². The molecule has 4 bridgehead atoms. The fourth-order valence-corrected chi connectivity index (χ4v) is 6.54. The van der Waals surface area contributed by atoms with Gasteiger partial charge in [0.2, 0.25) is 5.91 Å². The molecule has 5 rings (SSSR count). The maximum atomic E-state index is 13.3. The lowest BCUT2D eigenvalue weighted by Crippen LogP contribution is -2.56. The highest BCUT2D eigenvalue weighted by molar-refractivity contribution is 5.83. The molecule has 5 fully saturated rings. The summed E-state index contributed by atoms with van der Waals surface area (Å²) in [4.78, 5) is 15.5. The predicted octanol–water partition coefficient (Wildman–Crippen LogP) is 3.71. The fourth-order valence-electron chi connectivity index (χ4n) is 6.54. The molecule has 20 heavy (non-hydrogen) atoms. The summed E-state index contributed by atoms with van der Waals surface area (Å²) in [7, 11) is 0. The van der Waals surface area contributed by atoms with Crippen molar-refractivity contribution < 1.29 is 4.79 Å². The molecule has 112 valence electrons. The van der Waals surface area contributed by atoms with E-state index in [9.17, 15) is 4.79 Å². The van der Waals surface area contributed by atoms with Crippen LogP contribution >= 0.6 is 0 Å². The molecule has 1 saturated heterocycles. The van der Waals surface area contributed by atoms with Crippen molar-refractivity contribution in [3.05, 3.63) is 0 Å². The molecule has 2 heteroatoms. The first kappa shape index (κ1) is 13.2. The number of piperidine rings is 1. The van der Waals surface area contributed by atoms with Gasteiger partial charge in [0.1, 0.15) is 0 Å². The Labute approximate surface area is 123 Å². The quantitative estimate of drug-likeness (QED) is 0.714. The minimum absolute atomic E-state index is 0.0749. The molecule has 0 aromatic heterocycles. The molecule has 0 aromatic carbocycles. The van der Waals surface area contributed by atoms with Crippen molar-refractivity contribution in [1.29, 1.82) is 0 Å². The van der Waals surface area contributed by atoms with Crippen LogP contribution in [-0.2, 0) is 4.79 Å². The lowest BCUT2D eigenvalue weighted by Gasteiger charge is -2.57. The second kappa shape index (κ2) is 4.48. The Balaban J connectivity index is 1.56. The summed E-state index contributed by atoms with van der Waals surface area (Å²) in [5.74, 6) is 4.57. The summed E-state index contributed by atoms with van der Waals surface area (Å²) < 4.78 is 0. The highest BCUT2D eigenvalue weighted by Gasteiger charge is 2.55. The number of amides is 1. The van der Waals surface area contributed by atoms with E-state index in [4.69, 9.17) is 0 Å². The number of nitrogens with zero attached hydrogens (tertiary/aromatic N) is 1. The molecular formula is C18H29NO. The first-order chi connectivity index (χ1) is 9.54. The Morgan fingerprint density at radius 1 is 0.850 bits per heavy atom. The number of carbonyl (C=O) groups excluding carboxylic acids is 1. The van der Waals surface area contributed by atoms with Gasteiger partial charge in [-0.25, -0.2) is 0 Å². The van der Waals surface area contributed by atoms with Crippen LogP contribution in [0.1, 0.15) is 58.8 Å². The molecule has 1 aliphatic heterocycles. The lowest BCUT2D eigenvalue weighted by molar-refractivity contribution is -0.160. The SMILES string of the molecule is C[C@H]1C[C@H](C)CN(C(=O)C23CC4CC(CC(C4)C2)C3)C1. The largest absolute Gasteiger partial charge is 0.342 e. The number of carbonyl (C=O) groups is 1. The van der Waals surface area contributed by atoms with Crippen LogP contribution in [0.15, 0.2) is 0 Å². The van der Waals surface area contributed by atoms with Crippen LogP contribution in [0.4, 0.5) is 0 Å². The molecule has 2 nitrogen and oxygen atoms in total. The fraction of sp³-hybridized carbons (Fsp3) is 0.944. The van der Waals surface area contributed by atoms with Crippen LogP contribution in [0.3, 0.4) is 0 Å². The Morgan fingerprint density at radius 3 is 1.75 bits per heavy atom. The van der Waals surface area contributed by atoms with Gasteiger partial charge in [0.15, 0.2) is 0 Å². The zero-order valence-electron chi connectivity index (χ0n) is 13.1. The average molecular weight is 275 g/mol. The van der Waals surface area contributed by atoms with Crippen molar-refractivity contribution >= 4 is 5.91 Å². The van der Waals surface area contributed by atoms with Gasteiger partial charge in [-0.15, -0.1) is 0 Å². The van der Waals surface area contributed by atoms with E-state index in [2.05, 4.69) is 18.7 Å². The van der Waals surface area contributed by atoms with Gasteiger partial charge in [-0.2, -0.15) is 0 Å². The first-order valence-electron chi connectivity index (χ1n) is 8.83. The van der Waals surface area contributed by atoms with Crippen molar-refractivity contribution in [3.8, 4) is 0 Å². The van der Waals surface area contributed by atoms with Crippen molar-refractivity contribution in [2.75, 3.05) is 13.1 Å². The Kier molecular flexibility index (Phi) is 2.95. The van der Waals surface area contributed by atoms with Crippen LogP contribution in [0, 0.1) is 35.0 Å². The maximum absolute atomic E-state index is 13.3. The summed E-state index contributed by atoms with van der Waals surface area (Å²) in [6.45, 7) is 6.67. The van der Waals surface area contributed by atoms with E-state index in [0.717, 1.165) is 30.8 Å². The normalized spacial score (nSPS) is 50.5. The van der Waals surface area contributed by atoms with Gasteiger partial charge in [0.25, 0.3) is 0 Å². The minimum atomic E-state index is 0.0749. The zero-order valence-corrected chi connectivity index (χ0v) is 13.1. The summed E-state index contributed by atoms with van der Waals surface area (Å²) >= 11 is 0. The molecule has 2 atom stereocenters. The molecule has 4 saturated carbocycles. The second-order valence-corrected chi connectivity index (χ2v) is 8.85. The molecule has 0 spiro atoms. The molecule has 1 heterocycles. The summed E-state index contributed by atoms with van der Waals surface area (Å²) in [5, 5.41) is 0. The standard InChI is InChI=1S/C18H29NO/c1-12-3-13(2)11-19(10-12)17(20)18-7-14-4-15(8-18)6-16(5-14)9-18/h12-16H,3-11H2,1-2H3/t12-,13-,14?,15?,16?,18?/m0/s1. The molecule has 0 unspecified atom stereocenters. The van der Waals surface area contributed by atoms with E-state index >= 15 is 0 Å². The van der Waals surface area contributed by atoms with Gasteiger partial charge < -0.3 is 4.90 Å². The van der Waals surface area contributed by atoms with Crippen molar-refractivity contribution in [2.45, 2.75) is 58.8 Å². The Morgan fingerprint density at radius 2 is 1.30 bits per heavy atom. The van der Waals surface area contributed by atoms with Crippen LogP contribution in [0.2, 0.25) is 0 Å².